The highest BCUT2D eigenvalue weighted by Crippen LogP contribution is 1.98. The molecule has 360 valence electrons. The Hall–Kier alpha value is -6.90. The van der Waals surface area contributed by atoms with Crippen LogP contribution < -0.4 is 0 Å². The van der Waals surface area contributed by atoms with Crippen LogP contribution in [0.5, 0.6) is 0 Å². The highest BCUT2D eigenvalue weighted by molar-refractivity contribution is 5.88. The largest absolute Gasteiger partial charge is 0.466 e. The summed E-state index contributed by atoms with van der Waals surface area (Å²) >= 11 is 0. The summed E-state index contributed by atoms with van der Waals surface area (Å²) in [6, 6.07) is 20.1. The molecule has 0 atom stereocenters. The lowest BCUT2D eigenvalue weighted by Gasteiger charge is -1.95. The predicted molar refractivity (Wildman–Crippen MR) is 259 cm³/mol. The number of hydrogen-bond donors (Lipinski definition) is 2. The summed E-state index contributed by atoms with van der Waals surface area (Å²) in [7, 11) is 5.30. The molecule has 0 aliphatic carbocycles. The van der Waals surface area contributed by atoms with Crippen molar-refractivity contribution in [3.63, 3.8) is 0 Å². The van der Waals surface area contributed by atoms with Gasteiger partial charge in [-0.25, -0.2) is 28.8 Å². The first-order valence-corrected chi connectivity index (χ1v) is 19.1. The van der Waals surface area contributed by atoms with E-state index in [1.54, 1.807) is 20.8 Å². The molecule has 2 aromatic rings. The molecule has 14 heteroatoms. The minimum atomic E-state index is -0.609. The molecule has 0 aliphatic rings. The fourth-order valence-corrected chi connectivity index (χ4v) is 2.09. The van der Waals surface area contributed by atoms with E-state index in [4.69, 9.17) is 10.2 Å². The van der Waals surface area contributed by atoms with Gasteiger partial charge in [0.2, 0.25) is 0 Å². The van der Waals surface area contributed by atoms with Crippen molar-refractivity contribution in [1.82, 2.24) is 0 Å². The Morgan fingerprint density at radius 1 is 0.453 bits per heavy atom. The zero-order chi connectivity index (χ0) is 51.9. The van der Waals surface area contributed by atoms with E-state index in [9.17, 15) is 28.8 Å². The van der Waals surface area contributed by atoms with Gasteiger partial charge in [-0.15, -0.1) is 0 Å². The number of aliphatic hydroxyl groups excluding tert-OH is 2. The molecule has 0 aromatic heterocycles. The molecule has 0 saturated carbocycles. The first-order valence-electron chi connectivity index (χ1n) is 19.1. The molecule has 0 unspecified atom stereocenters. The fraction of sp³-hybridized carbons (Fsp3) is 0.320. The Bertz CT molecular complexity index is 1480. The second-order valence-corrected chi connectivity index (χ2v) is 11.3. The van der Waals surface area contributed by atoms with Crippen LogP contribution in [0.1, 0.15) is 79.4 Å². The first-order chi connectivity index (χ1) is 30.0. The smallest absolute Gasteiger partial charge is 0.335 e. The molecule has 0 bridgehead atoms. The maximum atomic E-state index is 10.3. The zero-order valence-corrected chi connectivity index (χ0v) is 40.4. The number of rotatable bonds is 10. The Labute approximate surface area is 383 Å². The summed E-state index contributed by atoms with van der Waals surface area (Å²) < 4.78 is 25.1. The van der Waals surface area contributed by atoms with Gasteiger partial charge in [0.15, 0.2) is 13.6 Å². The summed E-state index contributed by atoms with van der Waals surface area (Å²) in [6.45, 7) is 40.5. The average molecular weight is 901 g/mol. The van der Waals surface area contributed by atoms with Gasteiger partial charge in [0, 0.05) is 34.4 Å². The number of benzene rings is 2. The molecule has 0 amide bonds. The molecule has 2 rings (SSSR count). The topological polar surface area (TPSA) is 198 Å². The number of methoxy groups -OCH3 is 4. The Balaban J connectivity index is -0.0000000918. The van der Waals surface area contributed by atoms with Crippen molar-refractivity contribution in [3.8, 4) is 0 Å². The number of carbonyl (C=O) groups excluding carboxylic acids is 6. The third-order valence-corrected chi connectivity index (χ3v) is 4.96. The highest BCUT2D eigenvalue weighted by atomic mass is 16.6. The lowest BCUT2D eigenvalue weighted by atomic mass is 10.2. The van der Waals surface area contributed by atoms with Crippen molar-refractivity contribution < 1.29 is 67.4 Å². The van der Waals surface area contributed by atoms with Gasteiger partial charge in [-0.2, -0.15) is 0 Å². The molecule has 0 saturated heterocycles. The van der Waals surface area contributed by atoms with Gasteiger partial charge in [0.1, 0.15) is 0 Å². The van der Waals surface area contributed by atoms with Gasteiger partial charge in [-0.05, 0) is 38.8 Å². The Morgan fingerprint density at radius 3 is 0.781 bits per heavy atom. The van der Waals surface area contributed by atoms with Crippen LogP contribution in [0, 0.1) is 0 Å². The lowest BCUT2D eigenvalue weighted by molar-refractivity contribution is -0.147. The maximum absolute atomic E-state index is 10.3. The lowest BCUT2D eigenvalue weighted by Crippen LogP contribution is -2.04. The standard InChI is InChI=1S/2C8H8.C5H8O3.3C5H8O2.C4H6O3.C4H6O2.2C3H8/c2*1-2-8-6-4-3-5-7-8;1-4(2)5(7)8-3-6;3*1-4(2)5(6)7-3;1-2-4(6)7-3-5;1-3-4(5)6-2;2*1-3-2/h2*2-7H,1H2;6H,1,3H2,2H3;3*1H2,2-3H3;2,5H,1,3H2;3H,1H2,2H3;2*3H2,1-2H3. The van der Waals surface area contributed by atoms with Gasteiger partial charge in [-0.1, -0.05) is 166 Å². The average Bonchev–Trinajstić information content (AvgIpc) is 3.30. The van der Waals surface area contributed by atoms with Crippen LogP contribution >= 0.6 is 0 Å². The summed E-state index contributed by atoms with van der Waals surface area (Å²) in [5, 5.41) is 15.9. The van der Waals surface area contributed by atoms with Crippen molar-refractivity contribution in [3.05, 3.63) is 159 Å². The van der Waals surface area contributed by atoms with Crippen LogP contribution in [-0.2, 0) is 57.2 Å². The van der Waals surface area contributed by atoms with Gasteiger partial charge >= 0.3 is 35.8 Å². The molecule has 0 heterocycles. The molecule has 0 aliphatic heterocycles. The van der Waals surface area contributed by atoms with Crippen molar-refractivity contribution in [1.29, 1.82) is 0 Å². The van der Waals surface area contributed by atoms with E-state index < -0.39 is 31.5 Å². The quantitative estimate of drug-likeness (QED) is 0.0988. The van der Waals surface area contributed by atoms with Crippen molar-refractivity contribution >= 4 is 48.0 Å². The molecule has 0 spiro atoms. The molecule has 2 aromatic carbocycles. The predicted octanol–water partition coefficient (Wildman–Crippen LogP) is 9.76. The molecule has 0 fully saturated rings. The Kier molecular flexibility index (Phi) is 70.4. The molecule has 64 heavy (non-hydrogen) atoms. The fourth-order valence-electron chi connectivity index (χ4n) is 2.09. The number of carbonyl (C=O) groups is 6. The summed E-state index contributed by atoms with van der Waals surface area (Å²) in [6.07, 6.45) is 8.26. The number of hydrogen-bond acceptors (Lipinski definition) is 14. The van der Waals surface area contributed by atoms with Gasteiger partial charge in [0.05, 0.1) is 28.4 Å². The van der Waals surface area contributed by atoms with Gasteiger partial charge in [0.25, 0.3) is 0 Å². The monoisotopic (exact) mass is 901 g/mol. The third kappa shape index (κ3) is 72.7. The van der Waals surface area contributed by atoms with Crippen LogP contribution in [0.25, 0.3) is 12.2 Å². The molecular formula is C50H76O14. The summed E-state index contributed by atoms with van der Waals surface area (Å²) in [5.41, 5.74) is 3.94. The SMILES string of the molecule is C=C(C)C(=O)OC.C=C(C)C(=O)OC.C=C(C)C(=O)OC.C=C(C)C(=O)OCO.C=CC(=O)OC.C=CC(=O)OCO.C=Cc1ccccc1.C=Cc1ccccc1.CCC.CCC. The second kappa shape index (κ2) is 60.4. The van der Waals surface area contributed by atoms with Crippen LogP contribution in [0.4, 0.5) is 0 Å². The molecular weight excluding hydrogens is 825 g/mol. The number of esters is 6. The van der Waals surface area contributed by atoms with Gasteiger partial charge < -0.3 is 38.6 Å². The molecule has 0 radical (unpaired) electrons. The maximum Gasteiger partial charge on any atom is 0.335 e. The van der Waals surface area contributed by atoms with E-state index in [0.29, 0.717) is 22.3 Å². The van der Waals surface area contributed by atoms with Gasteiger partial charge in [-0.3, -0.25) is 0 Å². The Morgan fingerprint density at radius 2 is 0.703 bits per heavy atom. The van der Waals surface area contributed by atoms with Crippen molar-refractivity contribution in [2.75, 3.05) is 42.0 Å². The van der Waals surface area contributed by atoms with E-state index in [1.807, 2.05) is 72.8 Å². The van der Waals surface area contributed by atoms with E-state index in [1.165, 1.54) is 59.3 Å². The van der Waals surface area contributed by atoms with E-state index >= 15 is 0 Å². The molecule has 2 N–H and O–H groups in total. The minimum Gasteiger partial charge on any atom is -0.466 e. The van der Waals surface area contributed by atoms with Crippen LogP contribution in [0.15, 0.2) is 148 Å². The van der Waals surface area contributed by atoms with Crippen LogP contribution in [-0.4, -0.2) is 88.1 Å². The van der Waals surface area contributed by atoms with E-state index in [0.717, 1.165) is 12.2 Å². The number of ether oxygens (including phenoxy) is 6. The van der Waals surface area contributed by atoms with E-state index in [2.05, 4.69) is 109 Å². The first kappa shape index (κ1) is 74.5. The van der Waals surface area contributed by atoms with Crippen LogP contribution in [0.2, 0.25) is 0 Å². The number of aliphatic hydroxyl groups is 2. The highest BCUT2D eigenvalue weighted by Gasteiger charge is 1.99. The zero-order valence-electron chi connectivity index (χ0n) is 40.4. The minimum absolute atomic E-state index is 0.291. The molecule has 14 nitrogen and oxygen atoms in total. The van der Waals surface area contributed by atoms with E-state index in [-0.39, 0.29) is 17.9 Å². The summed E-state index contributed by atoms with van der Waals surface area (Å²) in [4.78, 5) is 60.6. The second-order valence-electron chi connectivity index (χ2n) is 11.3. The van der Waals surface area contributed by atoms with Crippen molar-refractivity contribution in [2.45, 2.75) is 68.2 Å². The third-order valence-electron chi connectivity index (χ3n) is 4.96. The normalized spacial score (nSPS) is 7.72. The van der Waals surface area contributed by atoms with Crippen molar-refractivity contribution in [2.24, 2.45) is 0 Å². The summed E-state index contributed by atoms with van der Waals surface area (Å²) in [5.74, 6) is -2.61. The van der Waals surface area contributed by atoms with Crippen LogP contribution in [0.3, 0.4) is 0 Å².